The lowest BCUT2D eigenvalue weighted by Gasteiger charge is -2.22. The Hall–Kier alpha value is -1.40. The monoisotopic (exact) mass is 876 g/mol. The van der Waals surface area contributed by atoms with Crippen molar-refractivity contribution in [1.29, 1.82) is 0 Å². The van der Waals surface area contributed by atoms with Gasteiger partial charge in [-0.1, -0.05) is 257 Å². The third kappa shape index (κ3) is 48.1. The number of esters is 1. The highest BCUT2D eigenvalue weighted by molar-refractivity contribution is 5.76. The number of carbonyl (C=O) groups is 2. The van der Waals surface area contributed by atoms with Crippen LogP contribution in [0.2, 0.25) is 0 Å². The first kappa shape index (κ1) is 60.6. The number of hydrogen-bond donors (Lipinski definition) is 3. The predicted octanol–water partition coefficient (Wildman–Crippen LogP) is 16.9. The van der Waals surface area contributed by atoms with Crippen LogP contribution in [0.1, 0.15) is 309 Å². The van der Waals surface area contributed by atoms with E-state index in [2.05, 4.69) is 31.3 Å². The van der Waals surface area contributed by atoms with Crippen molar-refractivity contribution in [3.63, 3.8) is 0 Å². The fourth-order valence-electron chi connectivity index (χ4n) is 8.75. The molecule has 0 spiro atoms. The highest BCUT2D eigenvalue weighted by Crippen LogP contribution is 2.17. The van der Waals surface area contributed by atoms with Gasteiger partial charge >= 0.3 is 5.97 Å². The average molecular weight is 876 g/mol. The van der Waals surface area contributed by atoms with Gasteiger partial charge < -0.3 is 20.3 Å². The van der Waals surface area contributed by atoms with Crippen LogP contribution in [0.25, 0.3) is 0 Å². The number of hydrogen-bond acceptors (Lipinski definition) is 5. The zero-order valence-corrected chi connectivity index (χ0v) is 41.9. The number of amides is 1. The molecule has 0 saturated heterocycles. The third-order valence-corrected chi connectivity index (χ3v) is 13.1. The van der Waals surface area contributed by atoms with Gasteiger partial charge in [0.2, 0.25) is 5.91 Å². The van der Waals surface area contributed by atoms with Gasteiger partial charge in [-0.3, -0.25) is 9.59 Å². The maximum atomic E-state index is 12.4. The fourth-order valence-corrected chi connectivity index (χ4v) is 8.75. The summed E-state index contributed by atoms with van der Waals surface area (Å²) in [6.45, 7) is 4.94. The molecule has 0 aliphatic rings. The van der Waals surface area contributed by atoms with Gasteiger partial charge in [0.25, 0.3) is 0 Å². The summed E-state index contributed by atoms with van der Waals surface area (Å²) in [7, 11) is 0. The molecule has 0 bridgehead atoms. The van der Waals surface area contributed by atoms with Crippen LogP contribution >= 0.6 is 0 Å². The molecule has 6 nitrogen and oxygen atoms in total. The summed E-state index contributed by atoms with van der Waals surface area (Å²) >= 11 is 0. The minimum Gasteiger partial charge on any atom is -0.466 e. The number of nitrogens with one attached hydrogen (secondary N) is 1. The summed E-state index contributed by atoms with van der Waals surface area (Å²) in [5, 5.41) is 23.2. The van der Waals surface area contributed by atoms with Crippen LogP contribution in [0, 0.1) is 0 Å². The molecule has 0 radical (unpaired) electrons. The number of aliphatic hydroxyl groups excluding tert-OH is 2. The Morgan fingerprint density at radius 3 is 1.15 bits per heavy atom. The normalized spacial score (nSPS) is 12.6. The van der Waals surface area contributed by atoms with Crippen molar-refractivity contribution in [2.45, 2.75) is 321 Å². The Morgan fingerprint density at radius 2 is 0.758 bits per heavy atom. The summed E-state index contributed by atoms with van der Waals surface area (Å²) in [5.74, 6) is -0.0391. The summed E-state index contributed by atoms with van der Waals surface area (Å²) < 4.78 is 5.48. The third-order valence-electron chi connectivity index (χ3n) is 13.1. The maximum Gasteiger partial charge on any atom is 0.305 e. The summed E-state index contributed by atoms with van der Waals surface area (Å²) in [4.78, 5) is 24.5. The molecular formula is C56H109NO5. The van der Waals surface area contributed by atoms with Crippen LogP contribution < -0.4 is 5.32 Å². The lowest BCUT2D eigenvalue weighted by atomic mass is 10.0. The van der Waals surface area contributed by atoms with Gasteiger partial charge in [0, 0.05) is 12.8 Å². The number of aliphatic hydroxyl groups is 2. The highest BCUT2D eigenvalue weighted by atomic mass is 16.5. The number of ether oxygens (including phenoxy) is 1. The molecule has 0 aromatic rings. The number of unbranched alkanes of at least 4 members (excludes halogenated alkanes) is 39. The van der Waals surface area contributed by atoms with Crippen LogP contribution in [0.15, 0.2) is 12.2 Å². The van der Waals surface area contributed by atoms with E-state index in [4.69, 9.17) is 4.74 Å². The van der Waals surface area contributed by atoms with Crippen LogP contribution in [-0.4, -0.2) is 47.4 Å². The molecule has 0 heterocycles. The molecular weight excluding hydrogens is 767 g/mol. The molecule has 0 saturated carbocycles. The molecule has 6 heteroatoms. The number of rotatable bonds is 52. The molecule has 0 rings (SSSR count). The van der Waals surface area contributed by atoms with Crippen molar-refractivity contribution in [1.82, 2.24) is 5.32 Å². The van der Waals surface area contributed by atoms with E-state index in [0.717, 1.165) is 44.9 Å². The van der Waals surface area contributed by atoms with Crippen molar-refractivity contribution in [2.24, 2.45) is 0 Å². The first-order chi connectivity index (χ1) is 30.5. The molecule has 368 valence electrons. The van der Waals surface area contributed by atoms with E-state index in [1.165, 1.54) is 231 Å². The minimum atomic E-state index is -0.665. The average Bonchev–Trinajstić information content (AvgIpc) is 3.27. The van der Waals surface area contributed by atoms with Crippen LogP contribution in [-0.2, 0) is 14.3 Å². The van der Waals surface area contributed by atoms with Gasteiger partial charge in [-0.2, -0.15) is 0 Å². The Balaban J connectivity index is 3.38. The van der Waals surface area contributed by atoms with Crippen molar-refractivity contribution in [3.05, 3.63) is 12.2 Å². The molecule has 0 aliphatic carbocycles. The summed E-state index contributed by atoms with van der Waals surface area (Å²) in [6, 6.07) is -0.542. The molecule has 0 aromatic heterocycles. The van der Waals surface area contributed by atoms with Crippen molar-refractivity contribution < 1.29 is 24.5 Å². The Morgan fingerprint density at radius 1 is 0.435 bits per heavy atom. The number of allylic oxidation sites excluding steroid dienone is 2. The second-order valence-electron chi connectivity index (χ2n) is 19.3. The molecule has 62 heavy (non-hydrogen) atoms. The molecule has 0 aromatic carbocycles. The van der Waals surface area contributed by atoms with E-state index < -0.39 is 12.1 Å². The second kappa shape index (κ2) is 52.2. The van der Waals surface area contributed by atoms with E-state index in [1.54, 1.807) is 0 Å². The lowest BCUT2D eigenvalue weighted by Crippen LogP contribution is -2.45. The van der Waals surface area contributed by atoms with Gasteiger partial charge in [-0.25, -0.2) is 0 Å². The SMILES string of the molecule is CCCCCCCCC/C=C\CCCCCCCC(=O)OCCCCCCCCCCCCCCCCCCCCC(=O)NC(CO)C(O)CCCCCCCCCCCCC. The van der Waals surface area contributed by atoms with Gasteiger partial charge in [-0.15, -0.1) is 0 Å². The largest absolute Gasteiger partial charge is 0.466 e. The highest BCUT2D eigenvalue weighted by Gasteiger charge is 2.20. The quantitative estimate of drug-likeness (QED) is 0.0321. The zero-order chi connectivity index (χ0) is 45.1. The zero-order valence-electron chi connectivity index (χ0n) is 41.9. The molecule has 0 aliphatic heterocycles. The van der Waals surface area contributed by atoms with Crippen molar-refractivity contribution in [2.75, 3.05) is 13.2 Å². The standard InChI is InChI=1S/C56H109NO5/c1-3-5-7-9-11-13-15-16-17-23-26-30-34-38-42-46-50-56(61)62-51-47-43-39-35-31-27-24-21-19-18-20-22-25-29-33-37-41-45-49-55(60)57-53(52-58)54(59)48-44-40-36-32-28-14-12-10-8-6-4-2/h17,23,53-54,58-59H,3-16,18-22,24-52H2,1-2H3,(H,57,60)/b23-17-. The van der Waals surface area contributed by atoms with Crippen LogP contribution in [0.5, 0.6) is 0 Å². The molecule has 2 atom stereocenters. The van der Waals surface area contributed by atoms with Gasteiger partial charge in [0.15, 0.2) is 0 Å². The fraction of sp³-hybridized carbons (Fsp3) is 0.929. The Kier molecular flexibility index (Phi) is 51.0. The molecule has 2 unspecified atom stereocenters. The van der Waals surface area contributed by atoms with E-state index in [-0.39, 0.29) is 18.5 Å². The van der Waals surface area contributed by atoms with Gasteiger partial charge in [0.05, 0.1) is 25.4 Å². The molecule has 3 N–H and O–H groups in total. The van der Waals surface area contributed by atoms with Gasteiger partial charge in [0.1, 0.15) is 0 Å². The van der Waals surface area contributed by atoms with Crippen molar-refractivity contribution in [3.8, 4) is 0 Å². The molecule has 0 fully saturated rings. The first-order valence-corrected chi connectivity index (χ1v) is 27.9. The van der Waals surface area contributed by atoms with Crippen LogP contribution in [0.3, 0.4) is 0 Å². The van der Waals surface area contributed by atoms with Crippen LogP contribution in [0.4, 0.5) is 0 Å². The van der Waals surface area contributed by atoms with Crippen molar-refractivity contribution >= 4 is 11.9 Å². The van der Waals surface area contributed by atoms with E-state index in [1.807, 2.05) is 0 Å². The Bertz CT molecular complexity index is 924. The predicted molar refractivity (Wildman–Crippen MR) is 269 cm³/mol. The summed E-state index contributed by atoms with van der Waals surface area (Å²) in [5.41, 5.74) is 0. The first-order valence-electron chi connectivity index (χ1n) is 27.9. The smallest absolute Gasteiger partial charge is 0.305 e. The minimum absolute atomic E-state index is 0.000221. The molecule has 1 amide bonds. The van der Waals surface area contributed by atoms with Gasteiger partial charge in [-0.05, 0) is 51.4 Å². The van der Waals surface area contributed by atoms with E-state index >= 15 is 0 Å². The number of carbonyl (C=O) groups excluding carboxylic acids is 2. The summed E-state index contributed by atoms with van der Waals surface area (Å²) in [6.07, 6.45) is 60.5. The van der Waals surface area contributed by atoms with E-state index in [9.17, 15) is 19.8 Å². The van der Waals surface area contributed by atoms with E-state index in [0.29, 0.717) is 25.9 Å². The topological polar surface area (TPSA) is 95.9 Å². The maximum absolute atomic E-state index is 12.4. The second-order valence-corrected chi connectivity index (χ2v) is 19.3. The lowest BCUT2D eigenvalue weighted by molar-refractivity contribution is -0.143. The Labute approximate surface area is 387 Å².